The highest BCUT2D eigenvalue weighted by Gasteiger charge is 2.23. The first-order valence-corrected chi connectivity index (χ1v) is 30.9. The summed E-state index contributed by atoms with van der Waals surface area (Å²) in [5, 5.41) is 0. The molecule has 3 saturated heterocycles. The van der Waals surface area contributed by atoms with Crippen molar-refractivity contribution in [3.05, 3.63) is 0 Å². The normalized spacial score (nSPS) is 20.3. The minimum Gasteiger partial charge on any atom is -0.381 e. The Labute approximate surface area is 431 Å². The van der Waals surface area contributed by atoms with Crippen LogP contribution < -0.4 is 0 Å². The van der Waals surface area contributed by atoms with Crippen molar-refractivity contribution in [3.63, 3.8) is 0 Å². The molecule has 0 aromatic heterocycles. The van der Waals surface area contributed by atoms with Crippen molar-refractivity contribution >= 4 is 0 Å². The van der Waals surface area contributed by atoms with E-state index in [1.807, 2.05) is 96.9 Å². The van der Waals surface area contributed by atoms with Gasteiger partial charge >= 0.3 is 0 Å². The van der Waals surface area contributed by atoms with Crippen LogP contribution in [-0.4, -0.2) is 39.1 Å². The van der Waals surface area contributed by atoms with E-state index >= 15 is 0 Å². The predicted octanol–water partition coefficient (Wildman–Crippen LogP) is 22.5. The fourth-order valence-corrected chi connectivity index (χ4v) is 8.31. The first-order chi connectivity index (χ1) is 32.1. The van der Waals surface area contributed by atoms with Crippen LogP contribution in [0, 0.1) is 76.9 Å². The summed E-state index contributed by atoms with van der Waals surface area (Å²) >= 11 is 0. The first kappa shape index (κ1) is 81.0. The Morgan fingerprint density at radius 1 is 0.239 bits per heavy atom. The molecule has 2 unspecified atom stereocenters. The molecule has 0 bridgehead atoms. The first-order valence-electron chi connectivity index (χ1n) is 30.9. The molecule has 4 saturated carbocycles. The van der Waals surface area contributed by atoms with Gasteiger partial charge in [-0.3, -0.25) is 0 Å². The second-order valence-corrected chi connectivity index (χ2v) is 20.7. The van der Waals surface area contributed by atoms with Gasteiger partial charge in [-0.25, -0.2) is 0 Å². The Kier molecular flexibility index (Phi) is 74.9. The second-order valence-electron chi connectivity index (χ2n) is 20.7. The summed E-state index contributed by atoms with van der Waals surface area (Å²) < 4.78 is 15.6. The molecule has 0 spiro atoms. The van der Waals surface area contributed by atoms with Crippen LogP contribution in [0.25, 0.3) is 0 Å². The maximum Gasteiger partial charge on any atom is 0.0598 e. The van der Waals surface area contributed by atoms with E-state index in [0.717, 1.165) is 110 Å². The fraction of sp³-hybridized carbons (Fsp3) is 1.00. The Morgan fingerprint density at radius 2 is 0.507 bits per heavy atom. The van der Waals surface area contributed by atoms with Crippen LogP contribution >= 0.6 is 0 Å². The average molecular weight is 960 g/mol. The molecule has 3 aliphatic heterocycles. The zero-order valence-electron chi connectivity index (χ0n) is 52.9. The van der Waals surface area contributed by atoms with Crippen molar-refractivity contribution in [2.24, 2.45) is 76.9 Å². The van der Waals surface area contributed by atoms with Crippen molar-refractivity contribution in [2.75, 3.05) is 33.0 Å². The third-order valence-corrected chi connectivity index (χ3v) is 14.1. The van der Waals surface area contributed by atoms with Crippen molar-refractivity contribution in [1.82, 2.24) is 0 Å². The number of rotatable bonds is 7. The summed E-state index contributed by atoms with van der Waals surface area (Å²) in [6, 6.07) is 0. The zero-order valence-corrected chi connectivity index (χ0v) is 52.9. The Bertz CT molecular complexity index is 658. The fourth-order valence-electron chi connectivity index (χ4n) is 8.31. The van der Waals surface area contributed by atoms with Gasteiger partial charge in [-0.2, -0.15) is 0 Å². The van der Waals surface area contributed by atoms with Gasteiger partial charge in [0.05, 0.1) is 19.3 Å². The lowest BCUT2D eigenvalue weighted by atomic mass is 9.78. The molecular weight excluding hydrogens is 817 g/mol. The molecule has 416 valence electrons. The minimum atomic E-state index is 0.565. The Balaban J connectivity index is -0.000000120. The third kappa shape index (κ3) is 49.3. The molecule has 0 N–H and O–H groups in total. The highest BCUT2D eigenvalue weighted by molar-refractivity contribution is 4.73. The molecular formula is C64H142O3. The molecule has 2 atom stereocenters. The molecule has 7 fully saturated rings. The maximum atomic E-state index is 5.41. The standard InChI is InChI=1S/2C8H16.2C7H14O.2C7H14.C6H12O.7C2H6/c2*1-7(2)8-5-3-4-6-8;1-6(2)7-3-4-8-5-7;1-6(2)7-4-3-5-8-7;2*1-6(2)7-4-3-5-7;1-5(2)6-3-7-4-6;7*1-2/h2*7-8H,3-6H2,1-2H3;2*6-7H,3-5H2,1-2H3;2*6-7H,3-5H2,1-2H3;5-6H,3-4H2,1-2H3;7*1-2H3. The van der Waals surface area contributed by atoms with E-state index in [2.05, 4.69) is 96.9 Å². The molecule has 0 radical (unpaired) electrons. The smallest absolute Gasteiger partial charge is 0.0598 e. The van der Waals surface area contributed by atoms with Gasteiger partial charge in [0.1, 0.15) is 0 Å². The van der Waals surface area contributed by atoms with Crippen LogP contribution in [0.1, 0.15) is 303 Å². The van der Waals surface area contributed by atoms with Crippen molar-refractivity contribution in [3.8, 4) is 0 Å². The molecule has 3 heteroatoms. The van der Waals surface area contributed by atoms with E-state index in [1.165, 1.54) is 109 Å². The number of hydrogen-bond donors (Lipinski definition) is 0. The summed E-state index contributed by atoms with van der Waals surface area (Å²) in [5.74, 6) is 12.2. The van der Waals surface area contributed by atoms with Crippen molar-refractivity contribution in [1.29, 1.82) is 0 Å². The third-order valence-electron chi connectivity index (χ3n) is 14.1. The van der Waals surface area contributed by atoms with Crippen molar-refractivity contribution < 1.29 is 14.2 Å². The van der Waals surface area contributed by atoms with Gasteiger partial charge in [-0.05, 0) is 90.3 Å². The van der Waals surface area contributed by atoms with E-state index in [9.17, 15) is 0 Å². The van der Waals surface area contributed by atoms with Crippen LogP contribution in [0.3, 0.4) is 0 Å². The summed E-state index contributed by atoms with van der Waals surface area (Å²) in [7, 11) is 0. The van der Waals surface area contributed by atoms with Gasteiger partial charge in [0.15, 0.2) is 0 Å². The summed E-state index contributed by atoms with van der Waals surface area (Å²) in [6.45, 7) is 65.1. The predicted molar refractivity (Wildman–Crippen MR) is 314 cm³/mol. The minimum absolute atomic E-state index is 0.565. The topological polar surface area (TPSA) is 27.7 Å². The molecule has 0 aromatic carbocycles. The Morgan fingerprint density at radius 3 is 0.597 bits per heavy atom. The van der Waals surface area contributed by atoms with Gasteiger partial charge in [0, 0.05) is 25.7 Å². The molecule has 3 heterocycles. The Hall–Kier alpha value is -0.120. The van der Waals surface area contributed by atoms with Gasteiger partial charge in [0.2, 0.25) is 0 Å². The van der Waals surface area contributed by atoms with Crippen LogP contribution in [0.15, 0.2) is 0 Å². The molecule has 0 amide bonds. The number of hydrogen-bond acceptors (Lipinski definition) is 3. The molecule has 67 heavy (non-hydrogen) atoms. The van der Waals surface area contributed by atoms with Gasteiger partial charge < -0.3 is 14.2 Å². The van der Waals surface area contributed by atoms with Crippen LogP contribution in [0.5, 0.6) is 0 Å². The van der Waals surface area contributed by atoms with E-state index in [4.69, 9.17) is 14.2 Å². The summed E-state index contributed by atoms with van der Waals surface area (Å²) in [6.07, 6.45) is 25.3. The largest absolute Gasteiger partial charge is 0.381 e. The SMILES string of the molecule is CC.CC.CC.CC.CC.CC.CC.CC(C)C1CCC1.CC(C)C1CCC1.CC(C)C1CCCC1.CC(C)C1CCCC1.CC(C)C1CCCO1.CC(C)C1CCOC1.CC(C)C1COC1. The van der Waals surface area contributed by atoms with E-state index in [-0.39, 0.29) is 0 Å². The highest BCUT2D eigenvalue weighted by atomic mass is 16.5. The van der Waals surface area contributed by atoms with Gasteiger partial charge in [-0.15, -0.1) is 0 Å². The van der Waals surface area contributed by atoms with E-state index in [0.29, 0.717) is 6.10 Å². The monoisotopic (exact) mass is 959 g/mol. The summed E-state index contributed by atoms with van der Waals surface area (Å²) in [5.41, 5.74) is 0. The van der Waals surface area contributed by atoms with Crippen molar-refractivity contribution in [2.45, 2.75) is 309 Å². The van der Waals surface area contributed by atoms with Gasteiger partial charge in [0.25, 0.3) is 0 Å². The van der Waals surface area contributed by atoms with Gasteiger partial charge in [-0.1, -0.05) is 284 Å². The molecule has 0 aromatic rings. The lowest BCUT2D eigenvalue weighted by Gasteiger charge is -2.29. The van der Waals surface area contributed by atoms with Crippen LogP contribution in [0.4, 0.5) is 0 Å². The molecule has 3 nitrogen and oxygen atoms in total. The van der Waals surface area contributed by atoms with Crippen LogP contribution in [0.2, 0.25) is 0 Å². The van der Waals surface area contributed by atoms with E-state index < -0.39 is 0 Å². The highest BCUT2D eigenvalue weighted by Crippen LogP contribution is 2.34. The quantitative estimate of drug-likeness (QED) is 0.254. The maximum absolute atomic E-state index is 5.41. The lowest BCUT2D eigenvalue weighted by molar-refractivity contribution is -0.0534. The second kappa shape index (κ2) is 62.0. The average Bonchev–Trinajstić information content (AvgIpc) is 4.14. The molecule has 7 aliphatic rings. The molecule has 4 aliphatic carbocycles. The molecule has 7 rings (SSSR count). The summed E-state index contributed by atoms with van der Waals surface area (Å²) in [4.78, 5) is 0. The van der Waals surface area contributed by atoms with Crippen LogP contribution in [-0.2, 0) is 14.2 Å². The van der Waals surface area contributed by atoms with E-state index in [1.54, 1.807) is 0 Å². The zero-order chi connectivity index (χ0) is 53.8. The number of ether oxygens (including phenoxy) is 3. The lowest BCUT2D eigenvalue weighted by Crippen LogP contribution is -2.31.